The Morgan fingerprint density at radius 1 is 0.917 bits per heavy atom. The number of likely N-dealkylation sites (tertiary alicyclic amines) is 1. The van der Waals surface area contributed by atoms with Gasteiger partial charge in [0.2, 0.25) is 11.8 Å². The molecule has 3 rings (SSSR count). The minimum atomic E-state index is 0.260. The molecule has 2 amide bonds. The number of amides is 2. The van der Waals surface area contributed by atoms with Crippen LogP contribution in [0.2, 0.25) is 0 Å². The van der Waals surface area contributed by atoms with Crippen molar-refractivity contribution in [2.75, 3.05) is 63.9 Å². The second-order valence-corrected chi connectivity index (χ2v) is 8.18. The molecule has 3 heterocycles. The van der Waals surface area contributed by atoms with Gasteiger partial charge < -0.3 is 15.1 Å². The predicted octanol–water partition coefficient (Wildman–Crippen LogP) is 0.238. The van der Waals surface area contributed by atoms with E-state index in [9.17, 15) is 9.59 Å². The van der Waals surface area contributed by atoms with E-state index in [2.05, 4.69) is 10.2 Å². The SMILES string of the molecule is O=C(CC1CSCCN1)N1CCCN(CC(=O)N2CCCC2)CC1. The van der Waals surface area contributed by atoms with Crippen molar-refractivity contribution in [3.8, 4) is 0 Å². The van der Waals surface area contributed by atoms with Crippen LogP contribution in [0.15, 0.2) is 0 Å². The summed E-state index contributed by atoms with van der Waals surface area (Å²) >= 11 is 1.93. The Morgan fingerprint density at radius 3 is 2.42 bits per heavy atom. The third-order valence-corrected chi connectivity index (χ3v) is 6.31. The first-order valence-corrected chi connectivity index (χ1v) is 10.5. The zero-order chi connectivity index (χ0) is 16.8. The molecule has 3 aliphatic heterocycles. The molecule has 0 bridgehead atoms. The lowest BCUT2D eigenvalue weighted by Crippen LogP contribution is -2.44. The summed E-state index contributed by atoms with van der Waals surface area (Å²) in [6, 6.07) is 0.326. The van der Waals surface area contributed by atoms with Gasteiger partial charge in [-0.15, -0.1) is 0 Å². The van der Waals surface area contributed by atoms with Crippen LogP contribution in [0.25, 0.3) is 0 Å². The van der Waals surface area contributed by atoms with Crippen LogP contribution in [-0.4, -0.2) is 96.4 Å². The fraction of sp³-hybridized carbons (Fsp3) is 0.882. The molecule has 0 spiro atoms. The molecule has 0 aliphatic carbocycles. The van der Waals surface area contributed by atoms with Crippen LogP contribution in [0.3, 0.4) is 0 Å². The van der Waals surface area contributed by atoms with Crippen molar-refractivity contribution in [1.29, 1.82) is 0 Å². The third kappa shape index (κ3) is 5.10. The highest BCUT2D eigenvalue weighted by molar-refractivity contribution is 7.99. The molecular weight excluding hydrogens is 324 g/mol. The van der Waals surface area contributed by atoms with Crippen molar-refractivity contribution in [2.45, 2.75) is 31.7 Å². The van der Waals surface area contributed by atoms with Gasteiger partial charge in [0.05, 0.1) is 6.54 Å². The number of thioether (sulfide) groups is 1. The van der Waals surface area contributed by atoms with Crippen LogP contribution in [-0.2, 0) is 9.59 Å². The van der Waals surface area contributed by atoms with Gasteiger partial charge in [0.25, 0.3) is 0 Å². The second kappa shape index (κ2) is 9.06. The monoisotopic (exact) mass is 354 g/mol. The maximum atomic E-state index is 12.5. The predicted molar refractivity (Wildman–Crippen MR) is 97.2 cm³/mol. The van der Waals surface area contributed by atoms with Gasteiger partial charge >= 0.3 is 0 Å². The molecular formula is C17H30N4O2S. The van der Waals surface area contributed by atoms with Crippen molar-refractivity contribution in [3.05, 3.63) is 0 Å². The number of hydrogen-bond acceptors (Lipinski definition) is 5. The molecule has 3 fully saturated rings. The Kier molecular flexibility index (Phi) is 6.80. The van der Waals surface area contributed by atoms with Gasteiger partial charge in [0.1, 0.15) is 0 Å². The fourth-order valence-electron chi connectivity index (χ4n) is 3.73. The molecule has 1 atom stereocenters. The Bertz CT molecular complexity index is 436. The molecule has 0 saturated carbocycles. The van der Waals surface area contributed by atoms with Crippen LogP contribution in [0.4, 0.5) is 0 Å². The normalized spacial score (nSPS) is 26.4. The van der Waals surface area contributed by atoms with Gasteiger partial charge in [0, 0.05) is 69.8 Å². The summed E-state index contributed by atoms with van der Waals surface area (Å²) < 4.78 is 0. The van der Waals surface area contributed by atoms with E-state index >= 15 is 0 Å². The lowest BCUT2D eigenvalue weighted by molar-refractivity contribution is -0.131. The highest BCUT2D eigenvalue weighted by atomic mass is 32.2. The van der Waals surface area contributed by atoms with Gasteiger partial charge in [-0.2, -0.15) is 11.8 Å². The summed E-state index contributed by atoms with van der Waals surface area (Å²) in [5, 5.41) is 3.44. The number of carbonyl (C=O) groups is 2. The molecule has 3 saturated heterocycles. The van der Waals surface area contributed by atoms with Gasteiger partial charge in [-0.05, 0) is 19.3 Å². The zero-order valence-electron chi connectivity index (χ0n) is 14.5. The third-order valence-electron chi connectivity index (χ3n) is 5.18. The summed E-state index contributed by atoms with van der Waals surface area (Å²) in [7, 11) is 0. The van der Waals surface area contributed by atoms with Gasteiger partial charge in [0.15, 0.2) is 0 Å². The molecule has 6 nitrogen and oxygen atoms in total. The van der Waals surface area contributed by atoms with E-state index in [4.69, 9.17) is 0 Å². The molecule has 24 heavy (non-hydrogen) atoms. The second-order valence-electron chi connectivity index (χ2n) is 7.03. The summed E-state index contributed by atoms with van der Waals surface area (Å²) in [5.41, 5.74) is 0. The molecule has 0 aromatic heterocycles. The highest BCUT2D eigenvalue weighted by Crippen LogP contribution is 2.13. The van der Waals surface area contributed by atoms with E-state index in [-0.39, 0.29) is 11.8 Å². The number of hydrogen-bond donors (Lipinski definition) is 1. The molecule has 7 heteroatoms. The van der Waals surface area contributed by atoms with Crippen LogP contribution in [0, 0.1) is 0 Å². The van der Waals surface area contributed by atoms with Gasteiger partial charge in [-0.1, -0.05) is 0 Å². The molecule has 0 radical (unpaired) electrons. The van der Waals surface area contributed by atoms with Crippen LogP contribution < -0.4 is 5.32 Å². The van der Waals surface area contributed by atoms with E-state index < -0.39 is 0 Å². The topological polar surface area (TPSA) is 55.9 Å². The van der Waals surface area contributed by atoms with Crippen LogP contribution in [0.5, 0.6) is 0 Å². The standard InChI is InChI=1S/C17H30N4O2S/c22-16(12-15-14-24-11-4-18-15)21-8-3-5-19(9-10-21)13-17(23)20-6-1-2-7-20/h15,18H,1-14H2. The molecule has 1 unspecified atom stereocenters. The maximum absolute atomic E-state index is 12.5. The molecule has 0 aromatic rings. The summed E-state index contributed by atoms with van der Waals surface area (Å²) in [4.78, 5) is 31.0. The van der Waals surface area contributed by atoms with Crippen LogP contribution >= 0.6 is 11.8 Å². The minimum absolute atomic E-state index is 0.260. The number of nitrogens with one attached hydrogen (secondary N) is 1. The van der Waals surface area contributed by atoms with Crippen molar-refractivity contribution >= 4 is 23.6 Å². The van der Waals surface area contributed by atoms with E-state index in [1.54, 1.807) is 0 Å². The van der Waals surface area contributed by atoms with E-state index in [1.165, 1.54) is 0 Å². The Balaban J connectivity index is 1.42. The Morgan fingerprint density at radius 2 is 1.67 bits per heavy atom. The zero-order valence-corrected chi connectivity index (χ0v) is 15.4. The number of nitrogens with zero attached hydrogens (tertiary/aromatic N) is 3. The summed E-state index contributed by atoms with van der Waals surface area (Å²) in [5.74, 6) is 2.71. The maximum Gasteiger partial charge on any atom is 0.236 e. The smallest absolute Gasteiger partial charge is 0.236 e. The van der Waals surface area contributed by atoms with Crippen molar-refractivity contribution in [2.24, 2.45) is 0 Å². The van der Waals surface area contributed by atoms with Crippen LogP contribution in [0.1, 0.15) is 25.7 Å². The lowest BCUT2D eigenvalue weighted by Gasteiger charge is -2.27. The van der Waals surface area contributed by atoms with Gasteiger partial charge in [-0.25, -0.2) is 0 Å². The minimum Gasteiger partial charge on any atom is -0.342 e. The number of rotatable bonds is 4. The summed E-state index contributed by atoms with van der Waals surface area (Å²) in [6.07, 6.45) is 3.86. The van der Waals surface area contributed by atoms with E-state index in [1.807, 2.05) is 21.6 Å². The van der Waals surface area contributed by atoms with Crippen molar-refractivity contribution < 1.29 is 9.59 Å². The first-order valence-electron chi connectivity index (χ1n) is 9.31. The largest absolute Gasteiger partial charge is 0.342 e. The number of carbonyl (C=O) groups excluding carboxylic acids is 2. The average Bonchev–Trinajstić information content (AvgIpc) is 3.03. The Labute approximate surface area is 149 Å². The van der Waals surface area contributed by atoms with E-state index in [0.29, 0.717) is 19.0 Å². The van der Waals surface area contributed by atoms with Gasteiger partial charge in [-0.3, -0.25) is 14.5 Å². The van der Waals surface area contributed by atoms with E-state index in [0.717, 1.165) is 76.6 Å². The average molecular weight is 355 g/mol. The molecule has 1 N–H and O–H groups in total. The molecule has 3 aliphatic rings. The highest BCUT2D eigenvalue weighted by Gasteiger charge is 2.25. The first-order chi connectivity index (χ1) is 11.7. The fourth-order valence-corrected chi connectivity index (χ4v) is 4.68. The van der Waals surface area contributed by atoms with Crippen molar-refractivity contribution in [3.63, 3.8) is 0 Å². The van der Waals surface area contributed by atoms with Crippen molar-refractivity contribution in [1.82, 2.24) is 20.0 Å². The lowest BCUT2D eigenvalue weighted by atomic mass is 10.2. The summed E-state index contributed by atoms with van der Waals surface area (Å²) in [6.45, 7) is 6.68. The molecule has 136 valence electrons. The quantitative estimate of drug-likeness (QED) is 0.784. The molecule has 0 aromatic carbocycles. The Hall–Kier alpha value is -0.790. The first kappa shape index (κ1) is 18.0.